The van der Waals surface area contributed by atoms with Crippen molar-refractivity contribution >= 4 is 5.97 Å². The van der Waals surface area contributed by atoms with Gasteiger partial charge in [0.05, 0.1) is 5.60 Å². The second-order valence-corrected chi connectivity index (χ2v) is 7.88. The minimum absolute atomic E-state index is 0.172. The Morgan fingerprint density at radius 1 is 1.38 bits per heavy atom. The van der Waals surface area contributed by atoms with E-state index in [1.807, 2.05) is 0 Å². The number of hydrogen-bond acceptors (Lipinski definition) is 4. The molecule has 0 amide bonds. The van der Waals surface area contributed by atoms with Gasteiger partial charge in [0.25, 0.3) is 0 Å². The van der Waals surface area contributed by atoms with E-state index in [1.54, 1.807) is 0 Å². The zero-order valence-electron chi connectivity index (χ0n) is 13.6. The maximum absolute atomic E-state index is 11.6. The van der Waals surface area contributed by atoms with Gasteiger partial charge in [0.15, 0.2) is 0 Å². The third kappa shape index (κ3) is 2.14. The van der Waals surface area contributed by atoms with Crippen LogP contribution in [0.5, 0.6) is 0 Å². The van der Waals surface area contributed by atoms with Crippen LogP contribution in [-0.4, -0.2) is 35.0 Å². The van der Waals surface area contributed by atoms with E-state index in [2.05, 4.69) is 27.7 Å². The first kappa shape index (κ1) is 15.3. The fraction of sp³-hybridized carbons (Fsp3) is 0.941. The topological polar surface area (TPSA) is 55.8 Å². The van der Waals surface area contributed by atoms with E-state index in [-0.39, 0.29) is 17.3 Å². The van der Waals surface area contributed by atoms with Crippen molar-refractivity contribution in [3.05, 3.63) is 0 Å². The largest absolute Gasteiger partial charge is 0.457 e. The lowest BCUT2D eigenvalue weighted by atomic mass is 9.72. The molecule has 21 heavy (non-hydrogen) atoms. The molecule has 2 heterocycles. The Morgan fingerprint density at radius 3 is 2.71 bits per heavy atom. The normalized spacial score (nSPS) is 48.5. The van der Waals surface area contributed by atoms with Gasteiger partial charge in [-0.15, -0.1) is 0 Å². The lowest BCUT2D eigenvalue weighted by molar-refractivity contribution is -0.214. The fourth-order valence-electron chi connectivity index (χ4n) is 5.17. The monoisotopic (exact) mass is 296 g/mol. The van der Waals surface area contributed by atoms with Crippen LogP contribution in [0.3, 0.4) is 0 Å². The standard InChI is InChI=1S/C17H28O4/c1-10(2)17-7-12-11(3)5-6-13(12)16(4,21-17)14(8-17)20-15(19)9-18/h10-14,18H,5-9H2,1-4H3/t11?,12-,13?,14?,16?,17?/m1/s1. The van der Waals surface area contributed by atoms with Crippen LogP contribution < -0.4 is 0 Å². The van der Waals surface area contributed by atoms with Gasteiger partial charge in [-0.25, -0.2) is 4.79 Å². The van der Waals surface area contributed by atoms with Crippen LogP contribution >= 0.6 is 0 Å². The van der Waals surface area contributed by atoms with Crippen molar-refractivity contribution < 1.29 is 19.4 Å². The molecular weight excluding hydrogens is 268 g/mol. The van der Waals surface area contributed by atoms with Gasteiger partial charge in [-0.1, -0.05) is 27.2 Å². The molecule has 120 valence electrons. The number of ether oxygens (including phenoxy) is 2. The second kappa shape index (κ2) is 4.95. The predicted molar refractivity (Wildman–Crippen MR) is 78.6 cm³/mol. The number of esters is 1. The highest BCUT2D eigenvalue weighted by atomic mass is 16.6. The van der Waals surface area contributed by atoms with Gasteiger partial charge in [-0.05, 0) is 43.4 Å². The summed E-state index contributed by atoms with van der Waals surface area (Å²) < 4.78 is 12.2. The maximum Gasteiger partial charge on any atom is 0.332 e. The smallest absolute Gasteiger partial charge is 0.332 e. The van der Waals surface area contributed by atoms with Gasteiger partial charge < -0.3 is 14.6 Å². The quantitative estimate of drug-likeness (QED) is 0.813. The van der Waals surface area contributed by atoms with Crippen molar-refractivity contribution in [2.24, 2.45) is 23.7 Å². The summed E-state index contributed by atoms with van der Waals surface area (Å²) >= 11 is 0. The van der Waals surface area contributed by atoms with E-state index in [4.69, 9.17) is 14.6 Å². The average molecular weight is 296 g/mol. The number of aliphatic hydroxyl groups is 1. The Morgan fingerprint density at radius 2 is 2.10 bits per heavy atom. The molecule has 6 atom stereocenters. The lowest BCUT2D eigenvalue weighted by Crippen LogP contribution is -2.53. The number of fused-ring (bicyclic) bond motifs is 4. The van der Waals surface area contributed by atoms with Crippen molar-refractivity contribution in [2.75, 3.05) is 6.61 Å². The van der Waals surface area contributed by atoms with E-state index in [1.165, 1.54) is 6.42 Å². The van der Waals surface area contributed by atoms with Crippen LogP contribution in [0.25, 0.3) is 0 Å². The highest BCUT2D eigenvalue weighted by Crippen LogP contribution is 2.62. The lowest BCUT2D eigenvalue weighted by Gasteiger charge is -2.48. The van der Waals surface area contributed by atoms with Crippen LogP contribution in [0.2, 0.25) is 0 Å². The Hall–Kier alpha value is -0.610. The Balaban J connectivity index is 1.94. The van der Waals surface area contributed by atoms with Crippen LogP contribution in [0.4, 0.5) is 0 Å². The summed E-state index contributed by atoms with van der Waals surface area (Å²) in [7, 11) is 0. The Bertz CT molecular complexity index is 435. The molecule has 0 aromatic heterocycles. The van der Waals surface area contributed by atoms with Crippen molar-refractivity contribution in [1.82, 2.24) is 0 Å². The molecule has 4 nitrogen and oxygen atoms in total. The zero-order chi connectivity index (χ0) is 15.4. The molecule has 0 aromatic carbocycles. The summed E-state index contributed by atoms with van der Waals surface area (Å²) in [6.07, 6.45) is 4.03. The maximum atomic E-state index is 11.6. The van der Waals surface area contributed by atoms with Crippen LogP contribution in [0.1, 0.15) is 53.4 Å². The molecule has 3 aliphatic rings. The first-order valence-corrected chi connectivity index (χ1v) is 8.33. The minimum atomic E-state index is -0.550. The molecule has 1 aliphatic carbocycles. The van der Waals surface area contributed by atoms with E-state index >= 15 is 0 Å². The van der Waals surface area contributed by atoms with Crippen LogP contribution in [0.15, 0.2) is 0 Å². The van der Waals surface area contributed by atoms with E-state index in [0.717, 1.165) is 25.2 Å². The number of carbonyl (C=O) groups excluding carboxylic acids is 1. The van der Waals surface area contributed by atoms with E-state index < -0.39 is 12.6 Å². The molecule has 2 aliphatic heterocycles. The molecule has 0 radical (unpaired) electrons. The van der Waals surface area contributed by atoms with Gasteiger partial charge >= 0.3 is 5.97 Å². The number of rotatable bonds is 3. The van der Waals surface area contributed by atoms with E-state index in [0.29, 0.717) is 17.8 Å². The van der Waals surface area contributed by atoms with Gasteiger partial charge in [-0.3, -0.25) is 0 Å². The molecule has 2 saturated heterocycles. The molecule has 1 N–H and O–H groups in total. The first-order chi connectivity index (χ1) is 9.82. The van der Waals surface area contributed by atoms with Crippen molar-refractivity contribution in [3.63, 3.8) is 0 Å². The molecular formula is C17H28O4. The van der Waals surface area contributed by atoms with Crippen molar-refractivity contribution in [3.8, 4) is 0 Å². The fourth-order valence-corrected chi connectivity index (χ4v) is 5.17. The molecule has 4 heteroatoms. The van der Waals surface area contributed by atoms with Crippen LogP contribution in [-0.2, 0) is 14.3 Å². The third-order valence-electron chi connectivity index (χ3n) is 6.55. The Labute approximate surface area is 127 Å². The van der Waals surface area contributed by atoms with Gasteiger partial charge in [0.1, 0.15) is 18.3 Å². The minimum Gasteiger partial charge on any atom is -0.457 e. The summed E-state index contributed by atoms with van der Waals surface area (Å²) in [5.41, 5.74) is -0.558. The number of aliphatic hydroxyl groups excluding tert-OH is 1. The summed E-state index contributed by atoms with van der Waals surface area (Å²) in [5.74, 6) is 1.74. The first-order valence-electron chi connectivity index (χ1n) is 8.33. The molecule has 5 unspecified atom stereocenters. The highest BCUT2D eigenvalue weighted by molar-refractivity contribution is 5.70. The SMILES string of the molecule is CC1CCC2[C@@H]1CC1(C(C)C)CC(OC(=O)CO)C2(C)O1. The summed E-state index contributed by atoms with van der Waals surface area (Å²) in [4.78, 5) is 11.6. The number of hydrogen-bond donors (Lipinski definition) is 1. The van der Waals surface area contributed by atoms with Gasteiger partial charge in [-0.2, -0.15) is 0 Å². The average Bonchev–Trinajstić information content (AvgIpc) is 2.90. The predicted octanol–water partition coefficient (Wildman–Crippen LogP) is 2.53. The summed E-state index contributed by atoms with van der Waals surface area (Å²) in [6.45, 7) is 8.34. The number of carbonyl (C=O) groups is 1. The third-order valence-corrected chi connectivity index (χ3v) is 6.55. The van der Waals surface area contributed by atoms with Crippen molar-refractivity contribution in [2.45, 2.75) is 70.7 Å². The summed E-state index contributed by atoms with van der Waals surface area (Å²) in [5, 5.41) is 9.01. The molecule has 0 aromatic rings. The summed E-state index contributed by atoms with van der Waals surface area (Å²) in [6, 6.07) is 0. The molecule has 3 fully saturated rings. The Kier molecular flexibility index (Phi) is 3.61. The molecule has 2 bridgehead atoms. The molecule has 1 saturated carbocycles. The van der Waals surface area contributed by atoms with Crippen molar-refractivity contribution in [1.29, 1.82) is 0 Å². The van der Waals surface area contributed by atoms with E-state index in [9.17, 15) is 4.79 Å². The highest BCUT2D eigenvalue weighted by Gasteiger charge is 2.66. The van der Waals surface area contributed by atoms with Gasteiger partial charge in [0, 0.05) is 6.42 Å². The van der Waals surface area contributed by atoms with Crippen LogP contribution in [0, 0.1) is 23.7 Å². The second-order valence-electron chi connectivity index (χ2n) is 7.88. The van der Waals surface area contributed by atoms with Gasteiger partial charge in [0.2, 0.25) is 0 Å². The zero-order valence-corrected chi connectivity index (χ0v) is 13.6. The molecule has 0 spiro atoms. The molecule has 3 rings (SSSR count).